The minimum absolute atomic E-state index is 0.379. The Bertz CT molecular complexity index is 462. The monoisotopic (exact) mass is 250 g/mol. The molecule has 0 heterocycles. The van der Waals surface area contributed by atoms with Crippen LogP contribution in [0.5, 0.6) is 5.75 Å². The Labute approximate surface area is 106 Å². The molecule has 0 atom stereocenters. The van der Waals surface area contributed by atoms with Crippen molar-refractivity contribution in [3.05, 3.63) is 23.3 Å². The van der Waals surface area contributed by atoms with Crippen LogP contribution in [0.3, 0.4) is 0 Å². The maximum atomic E-state index is 11.8. The highest BCUT2D eigenvalue weighted by molar-refractivity contribution is 6.02. The molecule has 2 amide bonds. The second-order valence-corrected chi connectivity index (χ2v) is 4.01. The van der Waals surface area contributed by atoms with Gasteiger partial charge in [-0.3, -0.25) is 15.6 Å². The lowest BCUT2D eigenvalue weighted by Gasteiger charge is -2.22. The first kappa shape index (κ1) is 13.8. The van der Waals surface area contributed by atoms with Gasteiger partial charge in [0.15, 0.2) is 5.96 Å². The van der Waals surface area contributed by atoms with Gasteiger partial charge < -0.3 is 10.5 Å². The van der Waals surface area contributed by atoms with E-state index >= 15 is 0 Å². The molecule has 18 heavy (non-hydrogen) atoms. The van der Waals surface area contributed by atoms with Gasteiger partial charge in [-0.15, -0.1) is 0 Å². The fourth-order valence-electron chi connectivity index (χ4n) is 1.86. The summed E-state index contributed by atoms with van der Waals surface area (Å²) in [7, 11) is 3.22. The Balaban J connectivity index is 3.09. The topological polar surface area (TPSA) is 91.4 Å². The molecule has 0 fully saturated rings. The van der Waals surface area contributed by atoms with Gasteiger partial charge >= 0.3 is 6.03 Å². The van der Waals surface area contributed by atoms with Crippen molar-refractivity contribution in [2.45, 2.75) is 13.8 Å². The minimum atomic E-state index is -0.445. The summed E-state index contributed by atoms with van der Waals surface area (Å²) in [5.74, 6) is 0.366. The molecule has 0 aromatic heterocycles. The van der Waals surface area contributed by atoms with Crippen molar-refractivity contribution in [2.24, 2.45) is 5.73 Å². The van der Waals surface area contributed by atoms with Gasteiger partial charge in [0, 0.05) is 7.05 Å². The number of urea groups is 1. The summed E-state index contributed by atoms with van der Waals surface area (Å²) in [6.45, 7) is 3.78. The van der Waals surface area contributed by atoms with E-state index in [1.807, 2.05) is 26.0 Å². The van der Waals surface area contributed by atoms with E-state index in [0.717, 1.165) is 22.6 Å². The summed E-state index contributed by atoms with van der Waals surface area (Å²) in [4.78, 5) is 13.2. The summed E-state index contributed by atoms with van der Waals surface area (Å²) in [5, 5.41) is 9.29. The van der Waals surface area contributed by atoms with Gasteiger partial charge in [0.2, 0.25) is 0 Å². The van der Waals surface area contributed by atoms with Crippen molar-refractivity contribution in [3.63, 3.8) is 0 Å². The van der Waals surface area contributed by atoms with Crippen LogP contribution < -0.4 is 20.7 Å². The van der Waals surface area contributed by atoms with Crippen molar-refractivity contribution >= 4 is 17.7 Å². The SMILES string of the molecule is COc1cc(C)c(N(C)C(=O)NC(=N)N)c(C)c1. The third-order valence-electron chi connectivity index (χ3n) is 2.58. The molecule has 0 aliphatic carbocycles. The second-order valence-electron chi connectivity index (χ2n) is 4.01. The number of rotatable bonds is 2. The van der Waals surface area contributed by atoms with Gasteiger partial charge in [0.25, 0.3) is 0 Å². The molecule has 0 radical (unpaired) electrons. The van der Waals surface area contributed by atoms with Crippen LogP contribution in [0.2, 0.25) is 0 Å². The predicted molar refractivity (Wildman–Crippen MR) is 71.3 cm³/mol. The summed E-state index contributed by atoms with van der Waals surface area (Å²) in [5.41, 5.74) is 7.73. The number of anilines is 1. The van der Waals surface area contributed by atoms with E-state index in [0.29, 0.717) is 0 Å². The van der Waals surface area contributed by atoms with E-state index in [1.165, 1.54) is 4.90 Å². The number of amides is 2. The number of nitrogens with one attached hydrogen (secondary N) is 2. The zero-order chi connectivity index (χ0) is 13.9. The van der Waals surface area contributed by atoms with Gasteiger partial charge in [-0.1, -0.05) is 0 Å². The first-order valence-corrected chi connectivity index (χ1v) is 5.40. The number of carbonyl (C=O) groups is 1. The first-order chi connectivity index (χ1) is 8.36. The smallest absolute Gasteiger partial charge is 0.328 e. The van der Waals surface area contributed by atoms with Crippen LogP contribution in [-0.2, 0) is 0 Å². The third kappa shape index (κ3) is 2.91. The lowest BCUT2D eigenvalue weighted by molar-refractivity contribution is 0.251. The van der Waals surface area contributed by atoms with E-state index in [9.17, 15) is 4.79 Å². The number of nitrogens with two attached hydrogens (primary N) is 1. The fourth-order valence-corrected chi connectivity index (χ4v) is 1.86. The number of hydrogen-bond donors (Lipinski definition) is 3. The largest absolute Gasteiger partial charge is 0.497 e. The molecule has 98 valence electrons. The summed E-state index contributed by atoms with van der Waals surface area (Å²) in [6, 6.07) is 3.25. The lowest BCUT2D eigenvalue weighted by atomic mass is 10.1. The number of nitrogens with zero attached hydrogens (tertiary/aromatic N) is 1. The normalized spacial score (nSPS) is 9.78. The van der Waals surface area contributed by atoms with Crippen LogP contribution in [0.15, 0.2) is 12.1 Å². The molecule has 6 heteroatoms. The number of benzene rings is 1. The number of guanidine groups is 1. The highest BCUT2D eigenvalue weighted by Crippen LogP contribution is 2.28. The Kier molecular flexibility index (Phi) is 4.14. The van der Waals surface area contributed by atoms with Gasteiger partial charge in [-0.05, 0) is 37.1 Å². The summed E-state index contributed by atoms with van der Waals surface area (Å²) >= 11 is 0. The molecule has 0 saturated carbocycles. The molecular weight excluding hydrogens is 232 g/mol. The second kappa shape index (κ2) is 5.39. The zero-order valence-electron chi connectivity index (χ0n) is 11.0. The molecule has 1 aromatic rings. The van der Waals surface area contributed by atoms with Crippen molar-refractivity contribution in [2.75, 3.05) is 19.1 Å². The van der Waals surface area contributed by atoms with Crippen molar-refractivity contribution in [1.82, 2.24) is 5.32 Å². The van der Waals surface area contributed by atoms with Crippen molar-refractivity contribution < 1.29 is 9.53 Å². The Hall–Kier alpha value is -2.24. The van der Waals surface area contributed by atoms with Crippen LogP contribution in [0.4, 0.5) is 10.5 Å². The first-order valence-electron chi connectivity index (χ1n) is 5.40. The Morgan fingerprint density at radius 3 is 2.28 bits per heavy atom. The predicted octanol–water partition coefficient (Wildman–Crippen LogP) is 1.35. The average molecular weight is 250 g/mol. The summed E-state index contributed by atoms with van der Waals surface area (Å²) in [6.07, 6.45) is 0. The van der Waals surface area contributed by atoms with Crippen LogP contribution in [0.25, 0.3) is 0 Å². The molecule has 4 N–H and O–H groups in total. The molecular formula is C12H18N4O2. The number of aryl methyl sites for hydroxylation is 2. The Morgan fingerprint density at radius 2 is 1.89 bits per heavy atom. The zero-order valence-corrected chi connectivity index (χ0v) is 11.0. The number of hydrogen-bond acceptors (Lipinski definition) is 3. The Morgan fingerprint density at radius 1 is 1.39 bits per heavy atom. The van der Waals surface area contributed by atoms with Crippen molar-refractivity contribution in [3.8, 4) is 5.75 Å². The maximum Gasteiger partial charge on any atom is 0.328 e. The van der Waals surface area contributed by atoms with E-state index in [2.05, 4.69) is 5.32 Å². The minimum Gasteiger partial charge on any atom is -0.497 e. The van der Waals surface area contributed by atoms with Gasteiger partial charge in [0.1, 0.15) is 5.75 Å². The number of ether oxygens (including phenoxy) is 1. The van der Waals surface area contributed by atoms with E-state index in [1.54, 1.807) is 14.2 Å². The standard InChI is InChI=1S/C12H18N4O2/c1-7-5-9(18-4)6-8(2)10(7)16(3)12(17)15-11(13)14/h5-6H,1-4H3,(H4,13,14,15,17). The van der Waals surface area contributed by atoms with Crippen LogP contribution >= 0.6 is 0 Å². The molecule has 0 unspecified atom stereocenters. The molecule has 0 aliphatic rings. The van der Waals surface area contributed by atoms with E-state index in [-0.39, 0.29) is 5.96 Å². The number of carbonyl (C=O) groups excluding carboxylic acids is 1. The lowest BCUT2D eigenvalue weighted by Crippen LogP contribution is -2.44. The van der Waals surface area contributed by atoms with E-state index < -0.39 is 6.03 Å². The molecule has 0 spiro atoms. The van der Waals surface area contributed by atoms with E-state index in [4.69, 9.17) is 15.9 Å². The third-order valence-corrected chi connectivity index (χ3v) is 2.58. The molecule has 1 aromatic carbocycles. The van der Waals surface area contributed by atoms with Gasteiger partial charge in [-0.2, -0.15) is 0 Å². The highest BCUT2D eigenvalue weighted by atomic mass is 16.5. The molecule has 6 nitrogen and oxygen atoms in total. The van der Waals surface area contributed by atoms with Crippen LogP contribution in [-0.4, -0.2) is 26.1 Å². The van der Waals surface area contributed by atoms with Crippen molar-refractivity contribution in [1.29, 1.82) is 5.41 Å². The molecule has 0 saturated heterocycles. The summed E-state index contributed by atoms with van der Waals surface area (Å²) < 4.78 is 5.16. The number of methoxy groups -OCH3 is 1. The molecule has 0 bridgehead atoms. The average Bonchev–Trinajstić information content (AvgIpc) is 2.26. The highest BCUT2D eigenvalue weighted by Gasteiger charge is 2.16. The van der Waals surface area contributed by atoms with Crippen LogP contribution in [0.1, 0.15) is 11.1 Å². The van der Waals surface area contributed by atoms with Gasteiger partial charge in [-0.25, -0.2) is 4.79 Å². The molecule has 0 aliphatic heterocycles. The fraction of sp³-hybridized carbons (Fsp3) is 0.333. The van der Waals surface area contributed by atoms with Crippen LogP contribution in [0, 0.1) is 19.3 Å². The quantitative estimate of drug-likeness (QED) is 0.546. The molecule has 1 rings (SSSR count). The van der Waals surface area contributed by atoms with Gasteiger partial charge in [0.05, 0.1) is 12.8 Å². The maximum absolute atomic E-state index is 11.8.